The lowest BCUT2D eigenvalue weighted by Crippen LogP contribution is -2.47. The third-order valence-electron chi connectivity index (χ3n) is 13.2. The lowest BCUT2D eigenvalue weighted by Gasteiger charge is -2.30. The Hall–Kier alpha value is -1.25. The second-order valence-corrected chi connectivity index (χ2v) is 22.6. The number of nitrogens with zero attached hydrogens (tertiary/aromatic N) is 1. The maximum absolute atomic E-state index is 13.4. The topological polar surface area (TPSA) is 114 Å². The van der Waals surface area contributed by atoms with Crippen LogP contribution >= 0.6 is 7.82 Å². The molecule has 0 spiro atoms. The number of likely N-dealkylation sites (N-methyl/N-ethyl adjacent to an activating group) is 1. The van der Waals surface area contributed by atoms with E-state index in [9.17, 15) is 19.0 Å². The Balaban J connectivity index is 5.29. The Bertz CT molecular complexity index is 1160. The van der Waals surface area contributed by atoms with Gasteiger partial charge >= 0.3 is 5.97 Å². The van der Waals surface area contributed by atoms with Crippen LogP contribution < -0.4 is 10.2 Å². The fraction of sp³-hybridized carbons (Fsp3) is 0.930. The minimum absolute atomic E-state index is 0.0171. The van der Waals surface area contributed by atoms with E-state index in [0.29, 0.717) is 17.4 Å². The van der Waals surface area contributed by atoms with Crippen molar-refractivity contribution < 1.29 is 37.3 Å². The van der Waals surface area contributed by atoms with Crippen molar-refractivity contribution in [1.82, 2.24) is 5.32 Å². The molecule has 3 unspecified atom stereocenters. The number of phosphoric acid groups is 1. The van der Waals surface area contributed by atoms with Crippen molar-refractivity contribution in [1.29, 1.82) is 0 Å². The van der Waals surface area contributed by atoms with E-state index in [0.717, 1.165) is 57.8 Å². The molecular formula is C57H113N2O7P. The van der Waals surface area contributed by atoms with Crippen LogP contribution in [0.4, 0.5) is 0 Å². The zero-order chi connectivity index (χ0) is 49.4. The van der Waals surface area contributed by atoms with E-state index in [-0.39, 0.29) is 31.5 Å². The summed E-state index contributed by atoms with van der Waals surface area (Å²) in [6, 6.07) is -0.877. The summed E-state index contributed by atoms with van der Waals surface area (Å²) in [6.07, 6.45) is 53.1. The lowest BCUT2D eigenvalue weighted by molar-refractivity contribution is -0.870. The highest BCUT2D eigenvalue weighted by atomic mass is 31.2. The first-order chi connectivity index (χ1) is 32.4. The minimum Gasteiger partial charge on any atom is -0.756 e. The van der Waals surface area contributed by atoms with Gasteiger partial charge in [-0.2, -0.15) is 0 Å². The summed E-state index contributed by atoms with van der Waals surface area (Å²) < 4.78 is 30.2. The number of allylic oxidation sites excluding steroid dienone is 1. The Morgan fingerprint density at radius 1 is 0.507 bits per heavy atom. The molecule has 0 saturated heterocycles. The van der Waals surface area contributed by atoms with E-state index in [1.165, 1.54) is 199 Å². The van der Waals surface area contributed by atoms with Gasteiger partial charge < -0.3 is 28.5 Å². The number of carbonyl (C=O) groups is 2. The zero-order valence-corrected chi connectivity index (χ0v) is 46.3. The van der Waals surface area contributed by atoms with Crippen molar-refractivity contribution in [2.75, 3.05) is 40.9 Å². The van der Waals surface area contributed by atoms with E-state index in [4.69, 9.17) is 13.8 Å². The Labute approximate surface area is 416 Å². The molecule has 0 saturated carbocycles. The normalized spacial score (nSPS) is 13.8. The van der Waals surface area contributed by atoms with Crippen molar-refractivity contribution in [2.24, 2.45) is 0 Å². The summed E-state index contributed by atoms with van der Waals surface area (Å²) in [5.74, 6) is -0.524. The predicted molar refractivity (Wildman–Crippen MR) is 284 cm³/mol. The van der Waals surface area contributed by atoms with Crippen LogP contribution in [-0.4, -0.2) is 69.4 Å². The van der Waals surface area contributed by atoms with Gasteiger partial charge in [0.05, 0.1) is 33.8 Å². The molecule has 0 aromatic heterocycles. The molecule has 0 bridgehead atoms. The molecule has 0 aromatic rings. The summed E-state index contributed by atoms with van der Waals surface area (Å²) in [7, 11) is 1.20. The Morgan fingerprint density at radius 3 is 1.22 bits per heavy atom. The summed E-state index contributed by atoms with van der Waals surface area (Å²) in [4.78, 5) is 39.8. The maximum atomic E-state index is 13.4. The van der Waals surface area contributed by atoms with Gasteiger partial charge in [-0.05, 0) is 31.8 Å². The van der Waals surface area contributed by atoms with Crippen molar-refractivity contribution in [2.45, 2.75) is 303 Å². The van der Waals surface area contributed by atoms with Crippen LogP contribution in [0.1, 0.15) is 290 Å². The van der Waals surface area contributed by atoms with Crippen LogP contribution in [0.5, 0.6) is 0 Å². The number of ether oxygens (including phenoxy) is 1. The van der Waals surface area contributed by atoms with Crippen LogP contribution in [0.15, 0.2) is 12.2 Å². The van der Waals surface area contributed by atoms with Gasteiger partial charge in [-0.1, -0.05) is 258 Å². The quantitative estimate of drug-likeness (QED) is 0.0212. The zero-order valence-electron chi connectivity index (χ0n) is 45.4. The summed E-state index contributed by atoms with van der Waals surface area (Å²) in [6.45, 7) is 6.87. The molecule has 0 rings (SSSR count). The third-order valence-corrected chi connectivity index (χ3v) is 14.2. The minimum atomic E-state index is -4.68. The number of nitrogens with one attached hydrogen (secondary N) is 1. The van der Waals surface area contributed by atoms with Crippen LogP contribution in [0, 0.1) is 0 Å². The van der Waals surface area contributed by atoms with Gasteiger partial charge in [0.1, 0.15) is 19.3 Å². The lowest BCUT2D eigenvalue weighted by atomic mass is 10.0. The van der Waals surface area contributed by atoms with Crippen molar-refractivity contribution in [3.05, 3.63) is 12.2 Å². The molecule has 0 heterocycles. The number of rotatable bonds is 53. The fourth-order valence-corrected chi connectivity index (χ4v) is 9.42. The highest BCUT2D eigenvalue weighted by Crippen LogP contribution is 2.38. The Morgan fingerprint density at radius 2 is 0.851 bits per heavy atom. The van der Waals surface area contributed by atoms with Gasteiger partial charge in [0.2, 0.25) is 5.91 Å². The molecule has 398 valence electrons. The number of hydrogen-bond acceptors (Lipinski definition) is 7. The van der Waals surface area contributed by atoms with Crippen LogP contribution in [0.25, 0.3) is 0 Å². The van der Waals surface area contributed by atoms with Crippen molar-refractivity contribution in [3.8, 4) is 0 Å². The number of quaternary nitrogens is 1. The van der Waals surface area contributed by atoms with Crippen molar-refractivity contribution in [3.63, 3.8) is 0 Å². The van der Waals surface area contributed by atoms with Gasteiger partial charge in [0, 0.05) is 12.8 Å². The highest BCUT2D eigenvalue weighted by molar-refractivity contribution is 7.45. The molecule has 67 heavy (non-hydrogen) atoms. The van der Waals surface area contributed by atoms with Gasteiger partial charge in [-0.25, -0.2) is 0 Å². The number of hydrogen-bond donors (Lipinski definition) is 1. The molecule has 0 aliphatic carbocycles. The number of esters is 1. The molecule has 0 aliphatic rings. The molecule has 10 heteroatoms. The first-order valence-electron chi connectivity index (χ1n) is 29.0. The first-order valence-corrected chi connectivity index (χ1v) is 30.5. The Kier molecular flexibility index (Phi) is 47.5. The number of phosphoric ester groups is 1. The third kappa shape index (κ3) is 49.5. The second-order valence-electron chi connectivity index (χ2n) is 21.2. The molecule has 0 aliphatic heterocycles. The SMILES string of the molecule is CCCCCCCCCCCCC/C=C\C(OC(=O)CCCCCCCCCCCCCCCCCCC)C(COP(=O)([O-])OCC[N+](C)(C)C)NC(=O)CCCCCCCCCCCCC. The molecule has 1 amide bonds. The summed E-state index contributed by atoms with van der Waals surface area (Å²) in [5.41, 5.74) is 0. The van der Waals surface area contributed by atoms with E-state index in [2.05, 4.69) is 26.1 Å². The molecule has 1 N–H and O–H groups in total. The maximum Gasteiger partial charge on any atom is 0.306 e. The predicted octanol–water partition coefficient (Wildman–Crippen LogP) is 16.6. The standard InChI is InChI=1S/C57H113N2O7P/c1-7-10-13-16-19-22-25-27-28-29-30-32-35-38-41-44-47-50-57(61)66-55(48-45-42-39-36-34-31-26-23-20-17-14-11-8-2)54(53-65-67(62,63)64-52-51-59(4,5)6)58-56(60)49-46-43-40-37-33-24-21-18-15-12-9-3/h45,48,54-55H,7-44,46-47,49-53H2,1-6H3,(H-,58,60,62,63)/b48-45-. The van der Waals surface area contributed by atoms with Crippen LogP contribution in [0.2, 0.25) is 0 Å². The average molecular weight is 970 g/mol. The van der Waals surface area contributed by atoms with E-state index >= 15 is 0 Å². The van der Waals surface area contributed by atoms with E-state index in [1.54, 1.807) is 0 Å². The second kappa shape index (κ2) is 48.4. The molecule has 0 fully saturated rings. The van der Waals surface area contributed by atoms with Crippen LogP contribution in [0.3, 0.4) is 0 Å². The van der Waals surface area contributed by atoms with Gasteiger partial charge in [-0.15, -0.1) is 0 Å². The van der Waals surface area contributed by atoms with E-state index < -0.39 is 20.0 Å². The number of carbonyl (C=O) groups excluding carboxylic acids is 2. The largest absolute Gasteiger partial charge is 0.756 e. The summed E-state index contributed by atoms with van der Waals surface area (Å²) in [5, 5.41) is 3.02. The molecule has 3 atom stereocenters. The van der Waals surface area contributed by atoms with Crippen LogP contribution in [-0.2, 0) is 27.9 Å². The first kappa shape index (κ1) is 65.8. The molecule has 9 nitrogen and oxygen atoms in total. The fourth-order valence-electron chi connectivity index (χ4n) is 8.70. The van der Waals surface area contributed by atoms with Gasteiger partial charge in [-0.3, -0.25) is 14.2 Å². The van der Waals surface area contributed by atoms with Gasteiger partial charge in [0.15, 0.2) is 0 Å². The monoisotopic (exact) mass is 969 g/mol. The van der Waals surface area contributed by atoms with E-state index in [1.807, 2.05) is 33.3 Å². The molecule has 0 radical (unpaired) electrons. The number of amides is 1. The average Bonchev–Trinajstić information content (AvgIpc) is 3.28. The summed E-state index contributed by atoms with van der Waals surface area (Å²) >= 11 is 0. The highest BCUT2D eigenvalue weighted by Gasteiger charge is 2.27. The smallest absolute Gasteiger partial charge is 0.306 e. The van der Waals surface area contributed by atoms with Crippen molar-refractivity contribution >= 4 is 19.7 Å². The van der Waals surface area contributed by atoms with Gasteiger partial charge in [0.25, 0.3) is 7.82 Å². The molecule has 0 aromatic carbocycles. The number of unbranched alkanes of at least 4 members (excludes halogenated alkanes) is 37. The molecular weight excluding hydrogens is 856 g/mol.